The van der Waals surface area contributed by atoms with Gasteiger partial charge in [-0.3, -0.25) is 0 Å². The molecule has 0 unspecified atom stereocenters. The molecule has 0 radical (unpaired) electrons. The third-order valence-electron chi connectivity index (χ3n) is 1.06. The van der Waals surface area contributed by atoms with Crippen molar-refractivity contribution >= 4 is 16.1 Å². The molecule has 0 saturated heterocycles. The van der Waals surface area contributed by atoms with Crippen molar-refractivity contribution < 1.29 is 17.9 Å². The number of hydrogen-bond acceptors (Lipinski definition) is 4. The number of rotatable bonds is 5. The maximum Gasteiger partial charge on any atom is 0.396 e. The van der Waals surface area contributed by atoms with Crippen LogP contribution in [0.2, 0.25) is 0 Å². The summed E-state index contributed by atoms with van der Waals surface area (Å²) in [7, 11) is -3.83. The molecule has 0 atom stereocenters. The zero-order valence-corrected chi connectivity index (χ0v) is 8.16. The third kappa shape index (κ3) is 7.14. The summed E-state index contributed by atoms with van der Waals surface area (Å²) in [6, 6.07) is 0. The highest BCUT2D eigenvalue weighted by Gasteiger charge is 2.07. The van der Waals surface area contributed by atoms with Crippen LogP contribution in [-0.4, -0.2) is 26.9 Å². The Morgan fingerprint density at radius 3 is 2.53 bits per heavy atom. The van der Waals surface area contributed by atoms with Crippen LogP contribution in [0, 0.1) is 0 Å². The van der Waals surface area contributed by atoms with Gasteiger partial charge < -0.3 is 4.74 Å². The fraction of sp³-hybridized carbons (Fsp3) is 0.750. The lowest BCUT2D eigenvalue weighted by molar-refractivity contribution is 0.157. The Bertz CT molecular complexity index is 416. The van der Waals surface area contributed by atoms with Crippen LogP contribution in [0.25, 0.3) is 20.9 Å². The van der Waals surface area contributed by atoms with Crippen LogP contribution in [0.4, 0.5) is 4.79 Å². The first-order chi connectivity index (χ1) is 7.02. The predicted molar refractivity (Wildman–Crippen MR) is 48.0 cm³/mol. The summed E-state index contributed by atoms with van der Waals surface area (Å²) in [6.07, 6.45) is -1.19. The van der Waals surface area contributed by atoms with Gasteiger partial charge in [0.1, 0.15) is 0 Å². The Morgan fingerprint density at radius 1 is 1.33 bits per heavy atom. The molecular weight excluding hydrogens is 228 g/mol. The molecule has 0 N–H and O–H groups in total. The number of carbonyl (C=O) groups is 1. The molecule has 0 fully saturated rings. The summed E-state index contributed by atoms with van der Waals surface area (Å²) in [5, 5.41) is 2.58. The van der Waals surface area contributed by atoms with Crippen molar-refractivity contribution in [3.05, 3.63) is 20.9 Å². The van der Waals surface area contributed by atoms with E-state index in [0.29, 0.717) is 0 Å². The summed E-state index contributed by atoms with van der Waals surface area (Å²) < 4.78 is 28.4. The Kier molecular flexibility index (Phi) is 5.64. The maximum atomic E-state index is 10.8. The van der Waals surface area contributed by atoms with Crippen molar-refractivity contribution in [2.75, 3.05) is 12.4 Å². The number of carbonyl (C=O) groups excluding carboxylic acids is 1. The van der Waals surface area contributed by atoms with E-state index in [4.69, 9.17) is 11.1 Å². The maximum absolute atomic E-state index is 10.8. The first-order valence-electron chi connectivity index (χ1n) is 3.53. The average Bonchev–Trinajstić information content (AvgIpc) is 2.13. The van der Waals surface area contributed by atoms with Crippen LogP contribution in [0.3, 0.4) is 0 Å². The van der Waals surface area contributed by atoms with Crippen molar-refractivity contribution in [2.45, 2.75) is 6.42 Å². The molecule has 0 aliphatic heterocycles. The molecule has 0 rings (SSSR count). The monoisotopic (exact) mass is 234 g/mol. The van der Waals surface area contributed by atoms with Gasteiger partial charge in [0.15, 0.2) is 0 Å². The number of nitrogens with zero attached hydrogens (tertiary/aromatic N) is 6. The van der Waals surface area contributed by atoms with Gasteiger partial charge in [-0.2, -0.15) is 0 Å². The fourth-order valence-corrected chi connectivity index (χ4v) is 1.24. The van der Waals surface area contributed by atoms with Gasteiger partial charge >= 0.3 is 6.09 Å². The quantitative estimate of drug-likeness (QED) is 0.305. The highest BCUT2D eigenvalue weighted by atomic mass is 32.2. The molecule has 10 nitrogen and oxygen atoms in total. The molecule has 0 aromatic carbocycles. The van der Waals surface area contributed by atoms with Gasteiger partial charge in [-0.15, -0.1) is 0 Å². The molecule has 0 spiro atoms. The molecule has 0 heterocycles. The van der Waals surface area contributed by atoms with Gasteiger partial charge in [0.05, 0.1) is 12.4 Å². The van der Waals surface area contributed by atoms with Crippen LogP contribution in [0.5, 0.6) is 0 Å². The standard InChI is InChI=1S/C4H6N6O4S/c5-8-7-4(11)14-2-1-3-15(12,13)10-9-6/h1-3H2. The summed E-state index contributed by atoms with van der Waals surface area (Å²) in [4.78, 5) is 14.7. The van der Waals surface area contributed by atoms with Gasteiger partial charge in [0.25, 0.3) is 0 Å². The molecule has 1 amide bonds. The van der Waals surface area contributed by atoms with E-state index in [2.05, 4.69) is 24.2 Å². The van der Waals surface area contributed by atoms with E-state index in [9.17, 15) is 13.2 Å². The van der Waals surface area contributed by atoms with Gasteiger partial charge in [-0.1, -0.05) is 0 Å². The van der Waals surface area contributed by atoms with E-state index >= 15 is 0 Å². The van der Waals surface area contributed by atoms with Crippen LogP contribution in [0.15, 0.2) is 9.63 Å². The van der Waals surface area contributed by atoms with E-state index in [1.807, 2.05) is 0 Å². The van der Waals surface area contributed by atoms with E-state index in [1.165, 1.54) is 0 Å². The van der Waals surface area contributed by atoms with Crippen molar-refractivity contribution in [1.29, 1.82) is 0 Å². The largest absolute Gasteiger partial charge is 0.461 e. The fourth-order valence-electron chi connectivity index (χ4n) is 0.563. The highest BCUT2D eigenvalue weighted by Crippen LogP contribution is 1.97. The zero-order chi connectivity index (χ0) is 11.7. The molecule has 0 bridgehead atoms. The van der Waals surface area contributed by atoms with Crippen molar-refractivity contribution in [3.8, 4) is 0 Å². The second-order valence-corrected chi connectivity index (χ2v) is 3.85. The van der Waals surface area contributed by atoms with Gasteiger partial charge in [-0.25, -0.2) is 13.2 Å². The summed E-state index contributed by atoms with van der Waals surface area (Å²) in [5.41, 5.74) is 15.7. The molecule has 11 heteroatoms. The molecule has 0 aromatic heterocycles. The normalized spacial score (nSPS) is 9.60. The lowest BCUT2D eigenvalue weighted by Gasteiger charge is -1.98. The summed E-state index contributed by atoms with van der Waals surface area (Å²) >= 11 is 0. The Balaban J connectivity index is 3.87. The molecule has 82 valence electrons. The number of ether oxygens (including phenoxy) is 1. The number of amides is 1. The lowest BCUT2D eigenvalue weighted by Crippen LogP contribution is -2.07. The Hall–Kier alpha value is -1.96. The van der Waals surface area contributed by atoms with Crippen LogP contribution >= 0.6 is 0 Å². The third-order valence-corrected chi connectivity index (χ3v) is 2.19. The van der Waals surface area contributed by atoms with Crippen molar-refractivity contribution in [2.24, 2.45) is 9.63 Å². The van der Waals surface area contributed by atoms with E-state index in [-0.39, 0.29) is 13.0 Å². The summed E-state index contributed by atoms with van der Waals surface area (Å²) in [5.74, 6) is -0.444. The van der Waals surface area contributed by atoms with Gasteiger partial charge in [0.2, 0.25) is 10.0 Å². The van der Waals surface area contributed by atoms with Gasteiger partial charge in [-0.05, 0) is 17.5 Å². The first-order valence-corrected chi connectivity index (χ1v) is 5.13. The van der Waals surface area contributed by atoms with Crippen LogP contribution in [-0.2, 0) is 14.8 Å². The summed E-state index contributed by atoms with van der Waals surface area (Å²) in [6.45, 7) is -0.238. The van der Waals surface area contributed by atoms with Crippen LogP contribution in [0.1, 0.15) is 6.42 Å². The number of azide groups is 2. The Morgan fingerprint density at radius 2 is 2.00 bits per heavy atom. The highest BCUT2D eigenvalue weighted by molar-refractivity contribution is 7.89. The Labute approximate surface area is 84.1 Å². The SMILES string of the molecule is [N-]=[N+]=NC(=O)OCCCS(=O)(=O)N=[N+]=[N-]. The van der Waals surface area contributed by atoms with E-state index in [1.54, 1.807) is 0 Å². The zero-order valence-electron chi connectivity index (χ0n) is 7.35. The molecule has 15 heavy (non-hydrogen) atoms. The number of sulfonamides is 1. The topological polar surface area (TPSA) is 158 Å². The molecule has 0 aromatic rings. The van der Waals surface area contributed by atoms with E-state index < -0.39 is 21.9 Å². The smallest absolute Gasteiger partial charge is 0.396 e. The second kappa shape index (κ2) is 6.49. The first kappa shape index (κ1) is 13.0. The molecular formula is C4H6N6O4S. The average molecular weight is 234 g/mol. The van der Waals surface area contributed by atoms with Crippen LogP contribution < -0.4 is 0 Å². The van der Waals surface area contributed by atoms with Crippen molar-refractivity contribution in [3.63, 3.8) is 0 Å². The van der Waals surface area contributed by atoms with E-state index in [0.717, 1.165) is 0 Å². The molecule has 0 saturated carbocycles. The predicted octanol–water partition coefficient (Wildman–Crippen LogP) is 1.46. The number of hydrogen-bond donors (Lipinski definition) is 0. The molecule has 0 aliphatic carbocycles. The van der Waals surface area contributed by atoms with Crippen molar-refractivity contribution in [1.82, 2.24) is 0 Å². The minimum Gasteiger partial charge on any atom is -0.461 e. The minimum absolute atomic E-state index is 0.0476. The molecule has 0 aliphatic rings. The second-order valence-electron chi connectivity index (χ2n) is 2.11. The van der Waals surface area contributed by atoms with Gasteiger partial charge in [0, 0.05) is 19.5 Å². The minimum atomic E-state index is -3.83. The lowest BCUT2D eigenvalue weighted by atomic mass is 10.5.